The van der Waals surface area contributed by atoms with Gasteiger partial charge in [-0.1, -0.05) is 30.3 Å². The SMILES string of the molecule is O=C(NCc1ccccc1)NCC1(C2CC2)CC1. The fraction of sp³-hybridized carbons (Fsp3) is 0.533. The molecular formula is C15H20N2O. The van der Waals surface area contributed by atoms with E-state index in [-0.39, 0.29) is 6.03 Å². The molecule has 2 aliphatic rings. The van der Waals surface area contributed by atoms with Crippen LogP contribution in [-0.2, 0) is 6.54 Å². The number of hydrogen-bond donors (Lipinski definition) is 2. The third kappa shape index (κ3) is 2.66. The lowest BCUT2D eigenvalue weighted by Crippen LogP contribution is -2.38. The van der Waals surface area contributed by atoms with Crippen molar-refractivity contribution in [2.24, 2.45) is 11.3 Å². The minimum Gasteiger partial charge on any atom is -0.338 e. The largest absolute Gasteiger partial charge is 0.338 e. The zero-order valence-electron chi connectivity index (χ0n) is 10.6. The maximum Gasteiger partial charge on any atom is 0.315 e. The molecule has 18 heavy (non-hydrogen) atoms. The third-order valence-electron chi connectivity index (χ3n) is 4.23. The van der Waals surface area contributed by atoms with Gasteiger partial charge < -0.3 is 10.6 Å². The van der Waals surface area contributed by atoms with Gasteiger partial charge in [-0.05, 0) is 42.6 Å². The molecule has 3 rings (SSSR count). The van der Waals surface area contributed by atoms with E-state index < -0.39 is 0 Å². The molecule has 2 saturated carbocycles. The van der Waals surface area contributed by atoms with Crippen molar-refractivity contribution in [1.29, 1.82) is 0 Å². The number of rotatable bonds is 5. The number of urea groups is 1. The maximum absolute atomic E-state index is 11.7. The van der Waals surface area contributed by atoms with Crippen LogP contribution in [0, 0.1) is 11.3 Å². The predicted octanol–water partition coefficient (Wildman–Crippen LogP) is 2.68. The van der Waals surface area contributed by atoms with E-state index in [0.29, 0.717) is 12.0 Å². The van der Waals surface area contributed by atoms with Crippen LogP contribution < -0.4 is 10.6 Å². The summed E-state index contributed by atoms with van der Waals surface area (Å²) in [6.45, 7) is 1.46. The minimum absolute atomic E-state index is 0.0363. The van der Waals surface area contributed by atoms with Crippen LogP contribution in [0.5, 0.6) is 0 Å². The first-order valence-electron chi connectivity index (χ1n) is 6.84. The van der Waals surface area contributed by atoms with Gasteiger partial charge in [0.15, 0.2) is 0 Å². The number of amides is 2. The van der Waals surface area contributed by atoms with Gasteiger partial charge in [0.2, 0.25) is 0 Å². The average molecular weight is 244 g/mol. The lowest BCUT2D eigenvalue weighted by molar-refractivity contribution is 0.236. The fourth-order valence-corrected chi connectivity index (χ4v) is 2.68. The molecule has 0 atom stereocenters. The van der Waals surface area contributed by atoms with Crippen molar-refractivity contribution in [3.05, 3.63) is 35.9 Å². The molecule has 0 aliphatic heterocycles. The summed E-state index contributed by atoms with van der Waals surface area (Å²) in [4.78, 5) is 11.7. The summed E-state index contributed by atoms with van der Waals surface area (Å²) < 4.78 is 0. The highest BCUT2D eigenvalue weighted by Crippen LogP contribution is 2.60. The Kier molecular flexibility index (Phi) is 2.98. The number of benzene rings is 1. The zero-order chi connectivity index (χ0) is 12.4. The third-order valence-corrected chi connectivity index (χ3v) is 4.23. The molecule has 2 amide bonds. The van der Waals surface area contributed by atoms with Crippen LogP contribution in [0.25, 0.3) is 0 Å². The Balaban J connectivity index is 1.40. The molecule has 0 radical (unpaired) electrons. The molecule has 96 valence electrons. The second-order valence-corrected chi connectivity index (χ2v) is 5.66. The van der Waals surface area contributed by atoms with E-state index in [0.717, 1.165) is 18.0 Å². The first kappa shape index (κ1) is 11.6. The molecule has 3 heteroatoms. The second kappa shape index (κ2) is 4.63. The van der Waals surface area contributed by atoms with Crippen molar-refractivity contribution in [2.45, 2.75) is 32.2 Å². The lowest BCUT2D eigenvalue weighted by atomic mass is 10.0. The highest BCUT2D eigenvalue weighted by atomic mass is 16.2. The first-order valence-corrected chi connectivity index (χ1v) is 6.84. The van der Waals surface area contributed by atoms with Gasteiger partial charge in [0.05, 0.1) is 0 Å². The molecule has 2 aliphatic carbocycles. The Morgan fingerprint density at radius 3 is 2.50 bits per heavy atom. The Labute approximate surface area is 108 Å². The van der Waals surface area contributed by atoms with E-state index in [1.165, 1.54) is 25.7 Å². The summed E-state index contributed by atoms with van der Waals surface area (Å²) in [5, 5.41) is 5.94. The summed E-state index contributed by atoms with van der Waals surface area (Å²) in [5.41, 5.74) is 1.61. The molecule has 0 spiro atoms. The maximum atomic E-state index is 11.7. The van der Waals surface area contributed by atoms with Gasteiger partial charge >= 0.3 is 6.03 Å². The Morgan fingerprint density at radius 1 is 1.17 bits per heavy atom. The summed E-state index contributed by atoms with van der Waals surface area (Å²) >= 11 is 0. The zero-order valence-corrected chi connectivity index (χ0v) is 10.6. The molecule has 0 heterocycles. The second-order valence-electron chi connectivity index (χ2n) is 5.66. The van der Waals surface area contributed by atoms with Gasteiger partial charge in [0.25, 0.3) is 0 Å². The van der Waals surface area contributed by atoms with Crippen molar-refractivity contribution < 1.29 is 4.79 Å². The predicted molar refractivity (Wildman–Crippen MR) is 71.1 cm³/mol. The van der Waals surface area contributed by atoms with E-state index in [1.54, 1.807) is 0 Å². The van der Waals surface area contributed by atoms with Crippen molar-refractivity contribution >= 4 is 6.03 Å². The average Bonchev–Trinajstić information content (AvgIpc) is 3.28. The molecule has 2 N–H and O–H groups in total. The van der Waals surface area contributed by atoms with Crippen molar-refractivity contribution in [3.8, 4) is 0 Å². The van der Waals surface area contributed by atoms with Crippen LogP contribution in [0.3, 0.4) is 0 Å². The molecule has 0 bridgehead atoms. The number of carbonyl (C=O) groups is 1. The quantitative estimate of drug-likeness (QED) is 0.821. The fourth-order valence-electron chi connectivity index (χ4n) is 2.68. The smallest absolute Gasteiger partial charge is 0.315 e. The van der Waals surface area contributed by atoms with Crippen LogP contribution >= 0.6 is 0 Å². The van der Waals surface area contributed by atoms with Crippen molar-refractivity contribution in [2.75, 3.05) is 6.54 Å². The molecule has 0 unspecified atom stereocenters. The summed E-state index contributed by atoms with van der Waals surface area (Å²) in [6.07, 6.45) is 5.34. The van der Waals surface area contributed by atoms with Crippen LogP contribution in [0.2, 0.25) is 0 Å². The summed E-state index contributed by atoms with van der Waals surface area (Å²) in [6, 6.07) is 9.96. The van der Waals surface area contributed by atoms with Crippen molar-refractivity contribution in [1.82, 2.24) is 10.6 Å². The lowest BCUT2D eigenvalue weighted by Gasteiger charge is -2.15. The molecule has 0 saturated heterocycles. The topological polar surface area (TPSA) is 41.1 Å². The standard InChI is InChI=1S/C15H20N2O/c18-14(16-10-12-4-2-1-3-5-12)17-11-15(8-9-15)13-6-7-13/h1-5,13H,6-11H2,(H2,16,17,18). The molecule has 3 nitrogen and oxygen atoms in total. The van der Waals surface area contributed by atoms with Gasteiger partial charge in [0.1, 0.15) is 0 Å². The van der Waals surface area contributed by atoms with E-state index >= 15 is 0 Å². The van der Waals surface area contributed by atoms with E-state index in [1.807, 2.05) is 30.3 Å². The van der Waals surface area contributed by atoms with Gasteiger partial charge in [-0.3, -0.25) is 0 Å². The molecule has 2 fully saturated rings. The van der Waals surface area contributed by atoms with Crippen LogP contribution in [-0.4, -0.2) is 12.6 Å². The number of nitrogens with one attached hydrogen (secondary N) is 2. The van der Waals surface area contributed by atoms with Gasteiger partial charge in [-0.2, -0.15) is 0 Å². The Hall–Kier alpha value is -1.51. The molecule has 1 aromatic carbocycles. The number of hydrogen-bond acceptors (Lipinski definition) is 1. The molecular weight excluding hydrogens is 224 g/mol. The Morgan fingerprint density at radius 2 is 1.89 bits per heavy atom. The highest BCUT2D eigenvalue weighted by Gasteiger charge is 2.53. The normalized spacial score (nSPS) is 20.2. The first-order chi connectivity index (χ1) is 8.78. The minimum atomic E-state index is -0.0363. The van der Waals surface area contributed by atoms with Crippen LogP contribution in [0.15, 0.2) is 30.3 Å². The summed E-state index contributed by atoms with van der Waals surface area (Å²) in [5.74, 6) is 0.895. The molecule has 0 aromatic heterocycles. The van der Waals surface area contributed by atoms with Crippen LogP contribution in [0.1, 0.15) is 31.2 Å². The van der Waals surface area contributed by atoms with E-state index in [2.05, 4.69) is 10.6 Å². The van der Waals surface area contributed by atoms with Crippen LogP contribution in [0.4, 0.5) is 4.79 Å². The van der Waals surface area contributed by atoms with Crippen molar-refractivity contribution in [3.63, 3.8) is 0 Å². The monoisotopic (exact) mass is 244 g/mol. The Bertz CT molecular complexity index is 421. The number of carbonyl (C=O) groups excluding carboxylic acids is 1. The van der Waals surface area contributed by atoms with E-state index in [9.17, 15) is 4.79 Å². The van der Waals surface area contributed by atoms with E-state index in [4.69, 9.17) is 0 Å². The van der Waals surface area contributed by atoms with Gasteiger partial charge in [-0.15, -0.1) is 0 Å². The highest BCUT2D eigenvalue weighted by molar-refractivity contribution is 5.73. The summed E-state index contributed by atoms with van der Waals surface area (Å²) in [7, 11) is 0. The van der Waals surface area contributed by atoms with Gasteiger partial charge in [0, 0.05) is 13.1 Å². The molecule has 1 aromatic rings. The van der Waals surface area contributed by atoms with Gasteiger partial charge in [-0.25, -0.2) is 4.79 Å².